The van der Waals surface area contributed by atoms with Crippen molar-refractivity contribution >= 4 is 11.7 Å². The van der Waals surface area contributed by atoms with Gasteiger partial charge in [-0.15, -0.1) is 0 Å². The van der Waals surface area contributed by atoms with Gasteiger partial charge in [0.2, 0.25) is 0 Å². The van der Waals surface area contributed by atoms with Gasteiger partial charge < -0.3 is 4.90 Å². The molecule has 0 N–H and O–H groups in total. The lowest BCUT2D eigenvalue weighted by Gasteiger charge is -2.35. The van der Waals surface area contributed by atoms with E-state index >= 15 is 0 Å². The SMILES string of the molecule is Cc1cccc(C(=O)N2CCN(CC(=O)C(C)(C)C)CC2)c1. The van der Waals surface area contributed by atoms with Crippen molar-refractivity contribution < 1.29 is 9.59 Å². The highest BCUT2D eigenvalue weighted by Gasteiger charge is 2.27. The molecule has 1 saturated heterocycles. The molecule has 0 spiro atoms. The highest BCUT2D eigenvalue weighted by molar-refractivity contribution is 5.94. The van der Waals surface area contributed by atoms with Gasteiger partial charge >= 0.3 is 0 Å². The Morgan fingerprint density at radius 2 is 1.73 bits per heavy atom. The zero-order valence-corrected chi connectivity index (χ0v) is 14.1. The lowest BCUT2D eigenvalue weighted by Crippen LogP contribution is -2.50. The predicted molar refractivity (Wildman–Crippen MR) is 88.0 cm³/mol. The number of piperazine rings is 1. The van der Waals surface area contributed by atoms with Crippen LogP contribution in [0.5, 0.6) is 0 Å². The summed E-state index contributed by atoms with van der Waals surface area (Å²) in [6.45, 7) is 11.2. The van der Waals surface area contributed by atoms with E-state index in [1.807, 2.05) is 56.9 Å². The zero-order valence-electron chi connectivity index (χ0n) is 14.1. The monoisotopic (exact) mass is 302 g/mol. The van der Waals surface area contributed by atoms with Crippen molar-refractivity contribution in [2.24, 2.45) is 5.41 Å². The molecule has 4 heteroatoms. The smallest absolute Gasteiger partial charge is 0.253 e. The van der Waals surface area contributed by atoms with E-state index in [0.29, 0.717) is 19.6 Å². The number of rotatable bonds is 3. The molecular weight excluding hydrogens is 276 g/mol. The van der Waals surface area contributed by atoms with Gasteiger partial charge in [-0.2, -0.15) is 0 Å². The van der Waals surface area contributed by atoms with Crippen LogP contribution in [0.1, 0.15) is 36.7 Å². The van der Waals surface area contributed by atoms with Crippen molar-refractivity contribution in [3.05, 3.63) is 35.4 Å². The summed E-state index contributed by atoms with van der Waals surface area (Å²) in [6.07, 6.45) is 0. The van der Waals surface area contributed by atoms with Gasteiger partial charge in [0, 0.05) is 37.2 Å². The Morgan fingerprint density at radius 1 is 1.09 bits per heavy atom. The number of Topliss-reactive ketones (excluding diaryl/α,β-unsaturated/α-hetero) is 1. The maximum atomic E-state index is 12.5. The van der Waals surface area contributed by atoms with E-state index in [2.05, 4.69) is 4.90 Å². The first kappa shape index (κ1) is 16.7. The second kappa shape index (κ2) is 6.61. The molecule has 2 rings (SSSR count). The summed E-state index contributed by atoms with van der Waals surface area (Å²) in [5, 5.41) is 0. The molecule has 1 aliphatic rings. The van der Waals surface area contributed by atoms with E-state index in [0.717, 1.165) is 24.2 Å². The Hall–Kier alpha value is -1.68. The minimum Gasteiger partial charge on any atom is -0.336 e. The molecule has 0 unspecified atom stereocenters. The second-order valence-corrected chi connectivity index (χ2v) is 7.11. The molecule has 1 aromatic carbocycles. The van der Waals surface area contributed by atoms with Crippen LogP contribution < -0.4 is 0 Å². The van der Waals surface area contributed by atoms with Crippen molar-refractivity contribution in [1.29, 1.82) is 0 Å². The average molecular weight is 302 g/mol. The summed E-state index contributed by atoms with van der Waals surface area (Å²) >= 11 is 0. The molecule has 1 aromatic rings. The summed E-state index contributed by atoms with van der Waals surface area (Å²) in [6, 6.07) is 7.70. The number of ketones is 1. The van der Waals surface area contributed by atoms with Crippen LogP contribution in [0.2, 0.25) is 0 Å². The first-order chi connectivity index (χ1) is 10.3. The number of carbonyl (C=O) groups excluding carboxylic acids is 2. The summed E-state index contributed by atoms with van der Waals surface area (Å²) < 4.78 is 0. The van der Waals surface area contributed by atoms with Crippen LogP contribution in [0.3, 0.4) is 0 Å². The maximum absolute atomic E-state index is 12.5. The number of hydrogen-bond acceptors (Lipinski definition) is 3. The van der Waals surface area contributed by atoms with Gasteiger partial charge in [-0.3, -0.25) is 14.5 Å². The Bertz CT molecular complexity index is 552. The predicted octanol–water partition coefficient (Wildman–Crippen LogP) is 2.37. The highest BCUT2D eigenvalue weighted by Crippen LogP contribution is 2.16. The van der Waals surface area contributed by atoms with Crippen LogP contribution in [0.4, 0.5) is 0 Å². The van der Waals surface area contributed by atoms with Crippen molar-refractivity contribution in [2.45, 2.75) is 27.7 Å². The van der Waals surface area contributed by atoms with E-state index in [9.17, 15) is 9.59 Å². The third kappa shape index (κ3) is 4.17. The van der Waals surface area contributed by atoms with Gasteiger partial charge in [-0.1, -0.05) is 38.5 Å². The molecule has 120 valence electrons. The molecule has 0 radical (unpaired) electrons. The van der Waals surface area contributed by atoms with Gasteiger partial charge in [-0.25, -0.2) is 0 Å². The van der Waals surface area contributed by atoms with E-state index in [-0.39, 0.29) is 17.1 Å². The summed E-state index contributed by atoms with van der Waals surface area (Å²) in [4.78, 5) is 28.6. The lowest BCUT2D eigenvalue weighted by molar-refractivity contribution is -0.127. The fraction of sp³-hybridized carbons (Fsp3) is 0.556. The molecule has 1 fully saturated rings. The van der Waals surface area contributed by atoms with E-state index < -0.39 is 0 Å². The molecule has 1 aliphatic heterocycles. The Labute approximate surface area is 133 Å². The van der Waals surface area contributed by atoms with E-state index in [1.54, 1.807) is 0 Å². The van der Waals surface area contributed by atoms with Gasteiger partial charge in [0.05, 0.1) is 6.54 Å². The zero-order chi connectivity index (χ0) is 16.3. The van der Waals surface area contributed by atoms with Gasteiger partial charge in [0.25, 0.3) is 5.91 Å². The largest absolute Gasteiger partial charge is 0.336 e. The molecule has 1 amide bonds. The summed E-state index contributed by atoms with van der Waals surface area (Å²) in [7, 11) is 0. The number of benzene rings is 1. The quantitative estimate of drug-likeness (QED) is 0.860. The first-order valence-corrected chi connectivity index (χ1v) is 7.89. The normalized spacial score (nSPS) is 16.6. The molecule has 0 atom stereocenters. The van der Waals surface area contributed by atoms with Crippen LogP contribution >= 0.6 is 0 Å². The first-order valence-electron chi connectivity index (χ1n) is 7.89. The molecule has 22 heavy (non-hydrogen) atoms. The molecular formula is C18H26N2O2. The molecule has 1 heterocycles. The third-order valence-corrected chi connectivity index (χ3v) is 4.13. The summed E-state index contributed by atoms with van der Waals surface area (Å²) in [5.74, 6) is 0.344. The van der Waals surface area contributed by atoms with E-state index in [1.165, 1.54) is 0 Å². The van der Waals surface area contributed by atoms with Crippen LogP contribution in [-0.4, -0.2) is 54.2 Å². The van der Waals surface area contributed by atoms with E-state index in [4.69, 9.17) is 0 Å². The van der Waals surface area contributed by atoms with Crippen molar-refractivity contribution in [2.75, 3.05) is 32.7 Å². The van der Waals surface area contributed by atoms with Gasteiger partial charge in [-0.05, 0) is 19.1 Å². The highest BCUT2D eigenvalue weighted by atomic mass is 16.2. The van der Waals surface area contributed by atoms with Crippen LogP contribution in [0, 0.1) is 12.3 Å². The lowest BCUT2D eigenvalue weighted by atomic mass is 9.90. The fourth-order valence-corrected chi connectivity index (χ4v) is 2.51. The van der Waals surface area contributed by atoms with Gasteiger partial charge in [0.1, 0.15) is 0 Å². The maximum Gasteiger partial charge on any atom is 0.253 e. The number of aryl methyl sites for hydroxylation is 1. The molecule has 4 nitrogen and oxygen atoms in total. The van der Waals surface area contributed by atoms with Crippen LogP contribution in [0.25, 0.3) is 0 Å². The Morgan fingerprint density at radius 3 is 2.27 bits per heavy atom. The number of amides is 1. The number of hydrogen-bond donors (Lipinski definition) is 0. The Kier molecular flexibility index (Phi) is 5.01. The van der Waals surface area contributed by atoms with Crippen LogP contribution in [0.15, 0.2) is 24.3 Å². The van der Waals surface area contributed by atoms with Crippen molar-refractivity contribution in [3.8, 4) is 0 Å². The average Bonchev–Trinajstić information content (AvgIpc) is 2.46. The van der Waals surface area contributed by atoms with Gasteiger partial charge in [0.15, 0.2) is 5.78 Å². The molecule has 0 saturated carbocycles. The number of nitrogens with zero attached hydrogens (tertiary/aromatic N) is 2. The standard InChI is InChI=1S/C18H26N2O2/c1-14-6-5-7-15(12-14)17(22)20-10-8-19(9-11-20)13-16(21)18(2,3)4/h5-7,12H,8-11,13H2,1-4H3. The molecule has 0 aliphatic carbocycles. The number of carbonyl (C=O) groups is 2. The third-order valence-electron chi connectivity index (χ3n) is 4.13. The van der Waals surface area contributed by atoms with Crippen molar-refractivity contribution in [1.82, 2.24) is 9.80 Å². The Balaban J connectivity index is 1.89. The van der Waals surface area contributed by atoms with Crippen LogP contribution in [-0.2, 0) is 4.79 Å². The second-order valence-electron chi connectivity index (χ2n) is 7.11. The topological polar surface area (TPSA) is 40.6 Å². The minimum atomic E-state index is -0.297. The molecule has 0 aromatic heterocycles. The minimum absolute atomic E-state index is 0.0884. The fourth-order valence-electron chi connectivity index (χ4n) is 2.51. The summed E-state index contributed by atoms with van der Waals surface area (Å²) in [5.41, 5.74) is 1.55. The van der Waals surface area contributed by atoms with Crippen molar-refractivity contribution in [3.63, 3.8) is 0 Å². The molecule has 0 bridgehead atoms.